The van der Waals surface area contributed by atoms with Gasteiger partial charge in [0.05, 0.1) is 30.4 Å². The number of carbonyl (C=O) groups is 1. The molecule has 0 aliphatic carbocycles. The van der Waals surface area contributed by atoms with Crippen molar-refractivity contribution in [3.05, 3.63) is 89.8 Å². The Morgan fingerprint density at radius 1 is 1.14 bits per heavy atom. The van der Waals surface area contributed by atoms with Gasteiger partial charge in [0, 0.05) is 30.9 Å². The second kappa shape index (κ2) is 9.51. The fraction of sp³-hybridized carbons (Fsp3) is 0.200. The van der Waals surface area contributed by atoms with Crippen molar-refractivity contribution >= 4 is 15.9 Å². The minimum atomic E-state index is -3.79. The van der Waals surface area contributed by atoms with E-state index < -0.39 is 15.9 Å². The molecule has 36 heavy (non-hydrogen) atoms. The maximum absolute atomic E-state index is 13.3. The average molecular weight is 506 g/mol. The van der Waals surface area contributed by atoms with Crippen LogP contribution in [0.3, 0.4) is 0 Å². The number of nitrogens with zero attached hydrogens (tertiary/aromatic N) is 4. The highest BCUT2D eigenvalue weighted by Gasteiger charge is 2.34. The van der Waals surface area contributed by atoms with E-state index in [4.69, 9.17) is 9.15 Å². The third-order valence-electron chi connectivity index (χ3n) is 6.01. The van der Waals surface area contributed by atoms with Crippen molar-refractivity contribution in [2.24, 2.45) is 0 Å². The van der Waals surface area contributed by atoms with Crippen molar-refractivity contribution in [3.8, 4) is 17.2 Å². The van der Waals surface area contributed by atoms with Crippen LogP contribution in [0.5, 0.6) is 5.75 Å². The van der Waals surface area contributed by atoms with E-state index in [1.807, 2.05) is 0 Å². The van der Waals surface area contributed by atoms with E-state index in [1.54, 1.807) is 56.8 Å². The number of ether oxygens (including phenoxy) is 1. The third kappa shape index (κ3) is 4.34. The Hall–Kier alpha value is -4.09. The summed E-state index contributed by atoms with van der Waals surface area (Å²) in [5.41, 5.74) is 2.61. The molecule has 0 spiro atoms. The quantitative estimate of drug-likeness (QED) is 0.406. The maximum atomic E-state index is 13.3. The van der Waals surface area contributed by atoms with Gasteiger partial charge in [-0.2, -0.15) is 4.31 Å². The number of hydrogen-bond donors (Lipinski definition) is 1. The summed E-state index contributed by atoms with van der Waals surface area (Å²) in [5.74, 6) is 0.252. The number of oxazole rings is 1. The van der Waals surface area contributed by atoms with Crippen molar-refractivity contribution in [1.29, 1.82) is 0 Å². The summed E-state index contributed by atoms with van der Waals surface area (Å²) in [6.45, 7) is 0.219. The number of nitrogens with one attached hydrogen (secondary N) is 1. The molecular weight excluding hydrogens is 482 g/mol. The summed E-state index contributed by atoms with van der Waals surface area (Å²) in [4.78, 5) is 26.1. The molecule has 0 radical (unpaired) electrons. The largest absolute Gasteiger partial charge is 0.497 e. The summed E-state index contributed by atoms with van der Waals surface area (Å²) in [6, 6.07) is 13.5. The first-order valence-electron chi connectivity index (χ1n) is 11.1. The molecule has 1 unspecified atom stereocenters. The zero-order chi connectivity index (χ0) is 25.3. The second-order valence-corrected chi connectivity index (χ2v) is 10.1. The summed E-state index contributed by atoms with van der Waals surface area (Å²) >= 11 is 0. The molecule has 1 aliphatic heterocycles. The first-order valence-corrected chi connectivity index (χ1v) is 12.5. The summed E-state index contributed by atoms with van der Waals surface area (Å²) in [6.07, 6.45) is 4.58. The summed E-state index contributed by atoms with van der Waals surface area (Å²) < 4.78 is 38.6. The van der Waals surface area contributed by atoms with E-state index in [0.29, 0.717) is 34.0 Å². The van der Waals surface area contributed by atoms with Crippen LogP contribution in [0.4, 0.5) is 0 Å². The Morgan fingerprint density at radius 3 is 2.64 bits per heavy atom. The van der Waals surface area contributed by atoms with E-state index in [1.165, 1.54) is 28.9 Å². The van der Waals surface area contributed by atoms with Crippen LogP contribution in [0, 0.1) is 0 Å². The fourth-order valence-corrected chi connectivity index (χ4v) is 5.50. The number of likely N-dealkylation sites (N-methyl/N-ethyl adjacent to an activating group) is 1. The van der Waals surface area contributed by atoms with Crippen molar-refractivity contribution in [2.45, 2.75) is 23.9 Å². The summed E-state index contributed by atoms with van der Waals surface area (Å²) in [7, 11) is -0.691. The number of sulfonamides is 1. The van der Waals surface area contributed by atoms with Crippen LogP contribution >= 0.6 is 0 Å². The average Bonchev–Trinajstić information content (AvgIpc) is 3.59. The van der Waals surface area contributed by atoms with Crippen molar-refractivity contribution in [1.82, 2.24) is 24.6 Å². The Kier molecular flexibility index (Phi) is 6.25. The minimum Gasteiger partial charge on any atom is -0.497 e. The zero-order valence-corrected chi connectivity index (χ0v) is 20.4. The van der Waals surface area contributed by atoms with Crippen molar-refractivity contribution < 1.29 is 22.4 Å². The number of aromatic nitrogens is 3. The van der Waals surface area contributed by atoms with Gasteiger partial charge in [0.2, 0.25) is 21.8 Å². The van der Waals surface area contributed by atoms with Crippen LogP contribution in [-0.2, 0) is 27.9 Å². The molecule has 11 heteroatoms. The van der Waals surface area contributed by atoms with Gasteiger partial charge in [0.1, 0.15) is 23.8 Å². The topological polar surface area (TPSA) is 128 Å². The first-order chi connectivity index (χ1) is 17.4. The number of benzene rings is 2. The Morgan fingerprint density at radius 2 is 1.94 bits per heavy atom. The molecule has 4 aromatic rings. The van der Waals surface area contributed by atoms with Gasteiger partial charge in [-0.3, -0.25) is 4.79 Å². The standard InChI is InChI=1S/C25H23N5O5S/c1-26-24(31)22(17-4-3-5-19(12-17)34-2)23-28-13-18-14-30(15-21(18)29-23)36(32,33)20-8-6-16(7-9-20)25-27-10-11-35-25/h3-13,22H,14-15H2,1-2H3,(H,26,31). The number of methoxy groups -OCH3 is 1. The molecule has 0 saturated heterocycles. The Bertz CT molecular complexity index is 1500. The number of hydrogen-bond acceptors (Lipinski definition) is 8. The molecule has 0 bridgehead atoms. The van der Waals surface area contributed by atoms with Crippen LogP contribution in [-0.4, -0.2) is 47.7 Å². The van der Waals surface area contributed by atoms with E-state index in [0.717, 1.165) is 0 Å². The predicted octanol–water partition coefficient (Wildman–Crippen LogP) is 2.72. The lowest BCUT2D eigenvalue weighted by Crippen LogP contribution is -2.28. The van der Waals surface area contributed by atoms with Gasteiger partial charge < -0.3 is 14.5 Å². The zero-order valence-electron chi connectivity index (χ0n) is 19.6. The molecule has 2 aromatic carbocycles. The van der Waals surface area contributed by atoms with E-state index in [2.05, 4.69) is 20.3 Å². The van der Waals surface area contributed by atoms with E-state index in [-0.39, 0.29) is 29.7 Å². The van der Waals surface area contributed by atoms with Crippen LogP contribution in [0.1, 0.15) is 28.6 Å². The smallest absolute Gasteiger partial charge is 0.243 e. The molecule has 3 heterocycles. The van der Waals surface area contributed by atoms with Crippen LogP contribution in [0.25, 0.3) is 11.5 Å². The predicted molar refractivity (Wildman–Crippen MR) is 129 cm³/mol. The highest BCUT2D eigenvalue weighted by Crippen LogP contribution is 2.31. The van der Waals surface area contributed by atoms with Crippen LogP contribution < -0.4 is 10.1 Å². The molecule has 2 aromatic heterocycles. The molecule has 5 rings (SSSR count). The third-order valence-corrected chi connectivity index (χ3v) is 7.82. The molecule has 184 valence electrons. The molecular formula is C25H23N5O5S. The van der Waals surface area contributed by atoms with Gasteiger partial charge in [-0.25, -0.2) is 23.4 Å². The normalized spacial score (nSPS) is 14.3. The van der Waals surface area contributed by atoms with Crippen LogP contribution in [0.15, 0.2) is 76.5 Å². The van der Waals surface area contributed by atoms with Gasteiger partial charge in [0.25, 0.3) is 0 Å². The Balaban J connectivity index is 1.42. The lowest BCUT2D eigenvalue weighted by molar-refractivity contribution is -0.121. The highest BCUT2D eigenvalue weighted by molar-refractivity contribution is 7.89. The number of carbonyl (C=O) groups excluding carboxylic acids is 1. The fourth-order valence-electron chi connectivity index (χ4n) is 4.12. The van der Waals surface area contributed by atoms with E-state index in [9.17, 15) is 13.2 Å². The van der Waals surface area contributed by atoms with Crippen LogP contribution in [0.2, 0.25) is 0 Å². The lowest BCUT2D eigenvalue weighted by atomic mass is 9.96. The molecule has 10 nitrogen and oxygen atoms in total. The van der Waals surface area contributed by atoms with Gasteiger partial charge in [-0.15, -0.1) is 0 Å². The molecule has 0 fully saturated rings. The van der Waals surface area contributed by atoms with Crippen molar-refractivity contribution in [3.63, 3.8) is 0 Å². The summed E-state index contributed by atoms with van der Waals surface area (Å²) in [5, 5.41) is 2.66. The first kappa shape index (κ1) is 23.6. The Labute approximate surface area is 208 Å². The molecule has 0 saturated carbocycles. The van der Waals surface area contributed by atoms with Gasteiger partial charge in [-0.1, -0.05) is 12.1 Å². The lowest BCUT2D eigenvalue weighted by Gasteiger charge is -2.16. The number of rotatable bonds is 7. The van der Waals surface area contributed by atoms with E-state index >= 15 is 0 Å². The van der Waals surface area contributed by atoms with Gasteiger partial charge in [-0.05, 0) is 42.0 Å². The maximum Gasteiger partial charge on any atom is 0.243 e. The van der Waals surface area contributed by atoms with Crippen molar-refractivity contribution in [2.75, 3.05) is 14.2 Å². The van der Waals surface area contributed by atoms with Gasteiger partial charge in [0.15, 0.2) is 0 Å². The molecule has 1 aliphatic rings. The minimum absolute atomic E-state index is 0.0766. The second-order valence-electron chi connectivity index (χ2n) is 8.16. The molecule has 1 N–H and O–H groups in total. The SMILES string of the molecule is CNC(=O)C(c1cccc(OC)c1)c1ncc2c(n1)CN(S(=O)(=O)c1ccc(-c3ncco3)cc1)C2. The monoisotopic (exact) mass is 505 g/mol. The molecule has 1 amide bonds. The number of fused-ring (bicyclic) bond motifs is 1. The molecule has 1 atom stereocenters. The van der Waals surface area contributed by atoms with Gasteiger partial charge >= 0.3 is 0 Å². The highest BCUT2D eigenvalue weighted by atomic mass is 32.2. The number of amides is 1.